The third-order valence-corrected chi connectivity index (χ3v) is 3.38. The van der Waals surface area contributed by atoms with Crippen LogP contribution in [0.2, 0.25) is 0 Å². The Labute approximate surface area is 127 Å². The Morgan fingerprint density at radius 2 is 1.77 bits per heavy atom. The molecule has 5 heteroatoms. The molecule has 112 valence electrons. The van der Waals surface area contributed by atoms with Crippen LogP contribution in [0.25, 0.3) is 0 Å². The SMILES string of the molecule is CC(=O)c1ccc(NC(=O)Cc2ccc3c(c2)OCO3)cc1. The lowest BCUT2D eigenvalue weighted by atomic mass is 10.1. The average Bonchev–Trinajstić information content (AvgIpc) is 2.95. The summed E-state index contributed by atoms with van der Waals surface area (Å²) in [6.07, 6.45) is 0.241. The van der Waals surface area contributed by atoms with Crippen molar-refractivity contribution in [3.8, 4) is 11.5 Å². The number of ether oxygens (including phenoxy) is 2. The fourth-order valence-electron chi connectivity index (χ4n) is 2.23. The minimum absolute atomic E-state index is 0.00163. The molecule has 0 bridgehead atoms. The number of rotatable bonds is 4. The molecule has 1 amide bonds. The van der Waals surface area contributed by atoms with Gasteiger partial charge in [-0.3, -0.25) is 9.59 Å². The summed E-state index contributed by atoms with van der Waals surface area (Å²) in [5.74, 6) is 1.23. The van der Waals surface area contributed by atoms with Crippen molar-refractivity contribution in [2.24, 2.45) is 0 Å². The summed E-state index contributed by atoms with van der Waals surface area (Å²) in [6, 6.07) is 12.3. The van der Waals surface area contributed by atoms with Crippen molar-refractivity contribution in [2.75, 3.05) is 12.1 Å². The number of benzene rings is 2. The van der Waals surface area contributed by atoms with E-state index in [-0.39, 0.29) is 24.9 Å². The fourth-order valence-corrected chi connectivity index (χ4v) is 2.23. The van der Waals surface area contributed by atoms with Gasteiger partial charge in [-0.25, -0.2) is 0 Å². The van der Waals surface area contributed by atoms with Crippen LogP contribution in [0.15, 0.2) is 42.5 Å². The van der Waals surface area contributed by atoms with Crippen molar-refractivity contribution >= 4 is 17.4 Å². The number of amides is 1. The zero-order chi connectivity index (χ0) is 15.5. The Morgan fingerprint density at radius 3 is 2.50 bits per heavy atom. The Kier molecular flexibility index (Phi) is 3.78. The molecular formula is C17H15NO4. The highest BCUT2D eigenvalue weighted by molar-refractivity contribution is 5.96. The fraction of sp³-hybridized carbons (Fsp3) is 0.176. The molecule has 0 saturated heterocycles. The zero-order valence-electron chi connectivity index (χ0n) is 12.1. The van der Waals surface area contributed by atoms with Crippen molar-refractivity contribution in [1.29, 1.82) is 0 Å². The molecule has 0 saturated carbocycles. The molecule has 1 aliphatic rings. The highest BCUT2D eigenvalue weighted by atomic mass is 16.7. The predicted molar refractivity (Wildman–Crippen MR) is 81.3 cm³/mol. The van der Waals surface area contributed by atoms with Crippen LogP contribution in [-0.4, -0.2) is 18.5 Å². The van der Waals surface area contributed by atoms with Crippen molar-refractivity contribution in [3.05, 3.63) is 53.6 Å². The molecule has 1 heterocycles. The molecule has 0 fully saturated rings. The highest BCUT2D eigenvalue weighted by Gasteiger charge is 2.14. The van der Waals surface area contributed by atoms with Gasteiger partial charge in [0, 0.05) is 11.3 Å². The number of Topliss-reactive ketones (excluding diaryl/α,β-unsaturated/α-hetero) is 1. The third kappa shape index (κ3) is 3.09. The second-order valence-electron chi connectivity index (χ2n) is 5.05. The van der Waals surface area contributed by atoms with E-state index in [1.807, 2.05) is 6.07 Å². The first-order valence-corrected chi connectivity index (χ1v) is 6.91. The molecule has 0 spiro atoms. The van der Waals surface area contributed by atoms with Crippen molar-refractivity contribution in [3.63, 3.8) is 0 Å². The summed E-state index contributed by atoms with van der Waals surface area (Å²) >= 11 is 0. The van der Waals surface area contributed by atoms with E-state index in [9.17, 15) is 9.59 Å². The summed E-state index contributed by atoms with van der Waals surface area (Å²) in [4.78, 5) is 23.3. The molecule has 0 atom stereocenters. The zero-order valence-corrected chi connectivity index (χ0v) is 12.1. The summed E-state index contributed by atoms with van der Waals surface area (Å²) in [5, 5.41) is 2.80. The topological polar surface area (TPSA) is 64.6 Å². The standard InChI is InChI=1S/C17H15NO4/c1-11(19)13-3-5-14(6-4-13)18-17(20)9-12-2-7-15-16(8-12)22-10-21-15/h2-8H,9-10H2,1H3,(H,18,20). The maximum Gasteiger partial charge on any atom is 0.231 e. The van der Waals surface area contributed by atoms with Crippen LogP contribution in [0.3, 0.4) is 0 Å². The molecule has 0 aliphatic carbocycles. The van der Waals surface area contributed by atoms with Crippen molar-refractivity contribution in [1.82, 2.24) is 0 Å². The van der Waals surface area contributed by atoms with E-state index >= 15 is 0 Å². The number of ketones is 1. The first-order valence-electron chi connectivity index (χ1n) is 6.91. The molecule has 2 aromatic carbocycles. The smallest absolute Gasteiger partial charge is 0.231 e. The third-order valence-electron chi connectivity index (χ3n) is 3.38. The Balaban J connectivity index is 1.63. The first-order chi connectivity index (χ1) is 10.6. The summed E-state index contributed by atoms with van der Waals surface area (Å²) in [7, 11) is 0. The van der Waals surface area contributed by atoms with Crippen LogP contribution in [-0.2, 0) is 11.2 Å². The number of anilines is 1. The van der Waals surface area contributed by atoms with E-state index in [1.165, 1.54) is 6.92 Å². The molecule has 2 aromatic rings. The van der Waals surface area contributed by atoms with Gasteiger partial charge in [0.05, 0.1) is 6.42 Å². The maximum atomic E-state index is 12.1. The molecule has 0 radical (unpaired) electrons. The van der Waals surface area contributed by atoms with Gasteiger partial charge >= 0.3 is 0 Å². The minimum atomic E-state index is -0.130. The van der Waals surface area contributed by atoms with Gasteiger partial charge in [0.15, 0.2) is 17.3 Å². The van der Waals surface area contributed by atoms with E-state index in [1.54, 1.807) is 36.4 Å². The normalized spacial score (nSPS) is 12.0. The monoisotopic (exact) mass is 297 g/mol. The second-order valence-corrected chi connectivity index (χ2v) is 5.05. The van der Waals surface area contributed by atoms with Crippen molar-refractivity contribution in [2.45, 2.75) is 13.3 Å². The minimum Gasteiger partial charge on any atom is -0.454 e. The summed E-state index contributed by atoms with van der Waals surface area (Å²) in [6.45, 7) is 1.72. The van der Waals surface area contributed by atoms with Gasteiger partial charge in [0.25, 0.3) is 0 Å². The van der Waals surface area contributed by atoms with E-state index in [4.69, 9.17) is 9.47 Å². The number of carbonyl (C=O) groups excluding carboxylic acids is 2. The van der Waals surface area contributed by atoms with Gasteiger partial charge in [0.1, 0.15) is 0 Å². The van der Waals surface area contributed by atoms with Crippen LogP contribution >= 0.6 is 0 Å². The van der Waals surface area contributed by atoms with E-state index in [0.717, 1.165) is 5.56 Å². The maximum absolute atomic E-state index is 12.1. The number of nitrogens with one attached hydrogen (secondary N) is 1. The molecular weight excluding hydrogens is 282 g/mol. The quantitative estimate of drug-likeness (QED) is 0.881. The number of hydrogen-bond donors (Lipinski definition) is 1. The summed E-state index contributed by atoms with van der Waals surface area (Å²) in [5.41, 5.74) is 2.13. The molecule has 1 aliphatic heterocycles. The van der Waals surface area contributed by atoms with E-state index in [2.05, 4.69) is 5.32 Å². The Bertz CT molecular complexity index is 722. The molecule has 3 rings (SSSR count). The van der Waals surface area contributed by atoms with E-state index < -0.39 is 0 Å². The molecule has 0 aromatic heterocycles. The Morgan fingerprint density at radius 1 is 1.05 bits per heavy atom. The van der Waals surface area contributed by atoms with Crippen LogP contribution in [0.5, 0.6) is 11.5 Å². The molecule has 1 N–H and O–H groups in total. The van der Waals surface area contributed by atoms with Crippen LogP contribution in [0.4, 0.5) is 5.69 Å². The van der Waals surface area contributed by atoms with Gasteiger partial charge in [-0.1, -0.05) is 6.07 Å². The lowest BCUT2D eigenvalue weighted by Gasteiger charge is -2.06. The van der Waals surface area contributed by atoms with Crippen LogP contribution in [0.1, 0.15) is 22.8 Å². The van der Waals surface area contributed by atoms with Gasteiger partial charge in [0.2, 0.25) is 12.7 Å². The van der Waals surface area contributed by atoms with Gasteiger partial charge in [-0.15, -0.1) is 0 Å². The number of fused-ring (bicyclic) bond motifs is 1. The largest absolute Gasteiger partial charge is 0.454 e. The predicted octanol–water partition coefficient (Wildman–Crippen LogP) is 2.80. The van der Waals surface area contributed by atoms with Crippen molar-refractivity contribution < 1.29 is 19.1 Å². The van der Waals surface area contributed by atoms with Crippen LogP contribution in [0, 0.1) is 0 Å². The molecule has 0 unspecified atom stereocenters. The van der Waals surface area contributed by atoms with Crippen LogP contribution < -0.4 is 14.8 Å². The average molecular weight is 297 g/mol. The Hall–Kier alpha value is -2.82. The van der Waals surface area contributed by atoms with Gasteiger partial charge in [-0.2, -0.15) is 0 Å². The first kappa shape index (κ1) is 14.1. The highest BCUT2D eigenvalue weighted by Crippen LogP contribution is 2.32. The lowest BCUT2D eigenvalue weighted by molar-refractivity contribution is -0.115. The summed E-state index contributed by atoms with van der Waals surface area (Å²) < 4.78 is 10.5. The van der Waals surface area contributed by atoms with E-state index in [0.29, 0.717) is 22.7 Å². The van der Waals surface area contributed by atoms with Gasteiger partial charge < -0.3 is 14.8 Å². The molecule has 5 nitrogen and oxygen atoms in total. The number of hydrogen-bond acceptors (Lipinski definition) is 4. The lowest BCUT2D eigenvalue weighted by Crippen LogP contribution is -2.14. The second kappa shape index (κ2) is 5.89. The number of carbonyl (C=O) groups is 2. The van der Waals surface area contributed by atoms with Gasteiger partial charge in [-0.05, 0) is 48.9 Å². The molecule has 22 heavy (non-hydrogen) atoms.